The van der Waals surface area contributed by atoms with Gasteiger partial charge in [-0.05, 0) is 58.4 Å². The molecule has 1 nitrogen and oxygen atoms in total. The molecule has 0 unspecified atom stereocenters. The fraction of sp³-hybridized carbons (Fsp3) is 0. The van der Waals surface area contributed by atoms with Crippen LogP contribution in [0.15, 0.2) is 61.2 Å². The molecule has 0 aromatic heterocycles. The van der Waals surface area contributed by atoms with Gasteiger partial charge in [-0.25, -0.2) is 0 Å². The van der Waals surface area contributed by atoms with Gasteiger partial charge in [-0.1, -0.05) is 27.7 Å². The lowest BCUT2D eigenvalue weighted by atomic mass is 10.3. The molecule has 16 heavy (non-hydrogen) atoms. The quantitative estimate of drug-likeness (QED) is 0.807. The summed E-state index contributed by atoms with van der Waals surface area (Å²) in [5, 5.41) is 9.20. The second-order valence-electron chi connectivity index (χ2n) is 3.17. The van der Waals surface area contributed by atoms with E-state index in [1.54, 1.807) is 23.9 Å². The SMILES string of the molecule is Oc1ccc(Sc2cc(Br)ccc2Br)cc1. The summed E-state index contributed by atoms with van der Waals surface area (Å²) in [5.41, 5.74) is 0. The minimum atomic E-state index is 0.289. The van der Waals surface area contributed by atoms with Gasteiger partial charge in [0.05, 0.1) is 0 Å². The number of halogens is 2. The van der Waals surface area contributed by atoms with Crippen LogP contribution in [0, 0.1) is 0 Å². The van der Waals surface area contributed by atoms with Crippen molar-refractivity contribution in [2.75, 3.05) is 0 Å². The second-order valence-corrected chi connectivity index (χ2v) is 6.06. The molecule has 82 valence electrons. The van der Waals surface area contributed by atoms with Crippen molar-refractivity contribution >= 4 is 43.6 Å². The van der Waals surface area contributed by atoms with Crippen LogP contribution in [0.2, 0.25) is 0 Å². The molecule has 0 bridgehead atoms. The van der Waals surface area contributed by atoms with Crippen LogP contribution in [0.5, 0.6) is 5.75 Å². The Kier molecular flexibility index (Phi) is 3.95. The van der Waals surface area contributed by atoms with Gasteiger partial charge in [0.1, 0.15) is 5.75 Å². The normalized spacial score (nSPS) is 10.4. The van der Waals surface area contributed by atoms with Crippen LogP contribution in [-0.2, 0) is 0 Å². The number of benzene rings is 2. The van der Waals surface area contributed by atoms with Crippen molar-refractivity contribution in [2.24, 2.45) is 0 Å². The Morgan fingerprint density at radius 2 is 1.62 bits per heavy atom. The Bertz CT molecular complexity index is 497. The lowest BCUT2D eigenvalue weighted by molar-refractivity contribution is 0.475. The van der Waals surface area contributed by atoms with E-state index < -0.39 is 0 Å². The average molecular weight is 360 g/mol. The molecule has 4 heteroatoms. The van der Waals surface area contributed by atoms with Crippen molar-refractivity contribution < 1.29 is 5.11 Å². The predicted molar refractivity (Wildman–Crippen MR) is 74.1 cm³/mol. The van der Waals surface area contributed by atoms with E-state index in [0.717, 1.165) is 18.7 Å². The number of hydrogen-bond donors (Lipinski definition) is 1. The summed E-state index contributed by atoms with van der Waals surface area (Å²) in [6.07, 6.45) is 0. The van der Waals surface area contributed by atoms with Crippen LogP contribution in [0.3, 0.4) is 0 Å². The van der Waals surface area contributed by atoms with Crippen molar-refractivity contribution in [1.29, 1.82) is 0 Å². The molecule has 0 aliphatic carbocycles. The highest BCUT2D eigenvalue weighted by Gasteiger charge is 2.03. The Labute approximate surface area is 115 Å². The van der Waals surface area contributed by atoms with Crippen molar-refractivity contribution in [3.05, 3.63) is 51.4 Å². The van der Waals surface area contributed by atoms with Crippen LogP contribution < -0.4 is 0 Å². The van der Waals surface area contributed by atoms with Crippen LogP contribution in [0.4, 0.5) is 0 Å². The first-order chi connectivity index (χ1) is 7.65. The molecular weight excluding hydrogens is 352 g/mol. The highest BCUT2D eigenvalue weighted by Crippen LogP contribution is 2.35. The third-order valence-corrected chi connectivity index (χ3v) is 4.47. The topological polar surface area (TPSA) is 20.2 Å². The Morgan fingerprint density at radius 3 is 2.31 bits per heavy atom. The summed E-state index contributed by atoms with van der Waals surface area (Å²) in [6.45, 7) is 0. The molecule has 0 atom stereocenters. The number of aromatic hydroxyl groups is 1. The monoisotopic (exact) mass is 358 g/mol. The fourth-order valence-corrected chi connectivity index (χ4v) is 3.08. The first-order valence-corrected chi connectivity index (χ1v) is 6.97. The molecule has 2 aromatic rings. The molecule has 0 aliphatic rings. The highest BCUT2D eigenvalue weighted by atomic mass is 79.9. The van der Waals surface area contributed by atoms with Crippen LogP contribution in [0.1, 0.15) is 0 Å². The van der Waals surface area contributed by atoms with Crippen molar-refractivity contribution in [3.8, 4) is 5.75 Å². The smallest absolute Gasteiger partial charge is 0.115 e. The molecule has 0 heterocycles. The maximum absolute atomic E-state index is 9.20. The van der Waals surface area contributed by atoms with Gasteiger partial charge >= 0.3 is 0 Å². The average Bonchev–Trinajstić information content (AvgIpc) is 2.27. The summed E-state index contributed by atoms with van der Waals surface area (Å²) >= 11 is 8.61. The molecule has 0 amide bonds. The molecule has 0 fully saturated rings. The number of hydrogen-bond acceptors (Lipinski definition) is 2. The van der Waals surface area contributed by atoms with E-state index in [4.69, 9.17) is 0 Å². The van der Waals surface area contributed by atoms with E-state index in [-0.39, 0.29) is 5.75 Å². The zero-order chi connectivity index (χ0) is 11.5. The summed E-state index contributed by atoms with van der Waals surface area (Å²) < 4.78 is 2.12. The number of rotatable bonds is 2. The Hall–Kier alpha value is -0.450. The van der Waals surface area contributed by atoms with Crippen molar-refractivity contribution in [3.63, 3.8) is 0 Å². The van der Waals surface area contributed by atoms with E-state index in [2.05, 4.69) is 37.9 Å². The van der Waals surface area contributed by atoms with E-state index in [0.29, 0.717) is 0 Å². The van der Waals surface area contributed by atoms with Gasteiger partial charge in [-0.2, -0.15) is 0 Å². The molecular formula is C12H8Br2OS. The van der Waals surface area contributed by atoms with Crippen LogP contribution in [-0.4, -0.2) is 5.11 Å². The Balaban J connectivity index is 2.26. The number of phenolic OH excluding ortho intramolecular Hbond substituents is 1. The summed E-state index contributed by atoms with van der Waals surface area (Å²) in [7, 11) is 0. The highest BCUT2D eigenvalue weighted by molar-refractivity contribution is 9.11. The van der Waals surface area contributed by atoms with E-state index in [1.807, 2.05) is 24.3 Å². The van der Waals surface area contributed by atoms with Gasteiger partial charge in [0, 0.05) is 18.7 Å². The van der Waals surface area contributed by atoms with Crippen molar-refractivity contribution in [1.82, 2.24) is 0 Å². The molecule has 0 radical (unpaired) electrons. The van der Waals surface area contributed by atoms with E-state index in [9.17, 15) is 5.11 Å². The first-order valence-electron chi connectivity index (χ1n) is 4.57. The van der Waals surface area contributed by atoms with Gasteiger partial charge in [0.15, 0.2) is 0 Å². The zero-order valence-electron chi connectivity index (χ0n) is 8.15. The predicted octanol–water partition coefficient (Wildman–Crippen LogP) is 5.07. The molecule has 2 aromatic carbocycles. The molecule has 0 saturated carbocycles. The van der Waals surface area contributed by atoms with Gasteiger partial charge in [-0.15, -0.1) is 0 Å². The van der Waals surface area contributed by atoms with Crippen LogP contribution in [0.25, 0.3) is 0 Å². The molecule has 1 N–H and O–H groups in total. The lowest BCUT2D eigenvalue weighted by Crippen LogP contribution is -1.76. The molecule has 2 rings (SSSR count). The zero-order valence-corrected chi connectivity index (χ0v) is 12.1. The molecule has 0 aliphatic heterocycles. The second kappa shape index (κ2) is 5.25. The standard InChI is InChI=1S/C12H8Br2OS/c13-8-1-6-11(14)12(7-8)16-10-4-2-9(15)3-5-10/h1-7,15H. The molecule has 0 spiro atoms. The fourth-order valence-electron chi connectivity index (χ4n) is 1.20. The molecule has 0 saturated heterocycles. The maximum Gasteiger partial charge on any atom is 0.115 e. The minimum absolute atomic E-state index is 0.289. The summed E-state index contributed by atoms with van der Waals surface area (Å²) in [4.78, 5) is 2.23. The summed E-state index contributed by atoms with van der Waals surface area (Å²) in [5.74, 6) is 0.289. The van der Waals surface area contributed by atoms with E-state index in [1.165, 1.54) is 0 Å². The van der Waals surface area contributed by atoms with Gasteiger partial charge < -0.3 is 5.11 Å². The van der Waals surface area contributed by atoms with Gasteiger partial charge in [0.2, 0.25) is 0 Å². The maximum atomic E-state index is 9.20. The van der Waals surface area contributed by atoms with Crippen LogP contribution >= 0.6 is 43.6 Å². The number of phenols is 1. The largest absolute Gasteiger partial charge is 0.508 e. The van der Waals surface area contributed by atoms with E-state index >= 15 is 0 Å². The van der Waals surface area contributed by atoms with Gasteiger partial charge in [-0.3, -0.25) is 0 Å². The lowest BCUT2D eigenvalue weighted by Gasteiger charge is -2.05. The third-order valence-electron chi connectivity index (χ3n) is 1.96. The van der Waals surface area contributed by atoms with Gasteiger partial charge in [0.25, 0.3) is 0 Å². The minimum Gasteiger partial charge on any atom is -0.508 e. The summed E-state index contributed by atoms with van der Waals surface area (Å²) in [6, 6.07) is 13.2. The van der Waals surface area contributed by atoms with Crippen molar-refractivity contribution in [2.45, 2.75) is 9.79 Å². The Morgan fingerprint density at radius 1 is 0.938 bits per heavy atom. The first kappa shape index (κ1) is 12.0. The third kappa shape index (κ3) is 3.03.